The number of rotatable bonds is 3. The fraction of sp³-hybridized carbons (Fsp3) is 0.214. The molecule has 0 bridgehead atoms. The first-order chi connectivity index (χ1) is 8.16. The van der Waals surface area contributed by atoms with Crippen molar-refractivity contribution in [2.24, 2.45) is 0 Å². The third-order valence-electron chi connectivity index (χ3n) is 2.43. The minimum absolute atomic E-state index is 0.203. The molecule has 17 heavy (non-hydrogen) atoms. The fourth-order valence-electron chi connectivity index (χ4n) is 1.59. The number of hydrogen-bond donors (Lipinski definition) is 0. The Labute approximate surface area is 99.0 Å². The van der Waals surface area contributed by atoms with Gasteiger partial charge in [0.2, 0.25) is 0 Å². The monoisotopic (exact) mass is 232 g/mol. The molecule has 2 rings (SSSR count). The molecule has 2 aromatic carbocycles. The minimum atomic E-state index is -1.14. The van der Waals surface area contributed by atoms with E-state index in [4.69, 9.17) is 4.74 Å². The van der Waals surface area contributed by atoms with Crippen LogP contribution in [0.4, 0.5) is 4.39 Å². The van der Waals surface area contributed by atoms with Gasteiger partial charge in [0.25, 0.3) is 0 Å². The zero-order valence-electron chi connectivity index (χ0n) is 9.52. The standard InChI is InChI=1S/C14H13FO2/c1-10(15)9-17-14(16)13-7-6-11-4-2-3-5-12(11)8-13/h2-8,10H,9H2,1H3. The molecule has 0 saturated heterocycles. The van der Waals surface area contributed by atoms with Gasteiger partial charge in [0.15, 0.2) is 0 Å². The second-order valence-corrected chi connectivity index (χ2v) is 3.94. The van der Waals surface area contributed by atoms with Crippen LogP contribution < -0.4 is 0 Å². The van der Waals surface area contributed by atoms with Crippen LogP contribution in [0.2, 0.25) is 0 Å². The maximum Gasteiger partial charge on any atom is 0.338 e. The molecule has 0 fully saturated rings. The van der Waals surface area contributed by atoms with E-state index in [9.17, 15) is 9.18 Å². The maximum absolute atomic E-state index is 12.6. The highest BCUT2D eigenvalue weighted by Crippen LogP contribution is 2.16. The number of carbonyl (C=O) groups is 1. The lowest BCUT2D eigenvalue weighted by atomic mass is 10.1. The molecule has 88 valence electrons. The van der Waals surface area contributed by atoms with Gasteiger partial charge >= 0.3 is 5.97 Å². The predicted octanol–water partition coefficient (Wildman–Crippen LogP) is 3.35. The molecule has 0 saturated carbocycles. The molecule has 3 heteroatoms. The molecule has 0 amide bonds. The average Bonchev–Trinajstić information content (AvgIpc) is 2.35. The van der Waals surface area contributed by atoms with Crippen LogP contribution in [-0.4, -0.2) is 18.7 Å². The number of fused-ring (bicyclic) bond motifs is 1. The lowest BCUT2D eigenvalue weighted by Crippen LogP contribution is -2.12. The van der Waals surface area contributed by atoms with Crippen molar-refractivity contribution in [2.45, 2.75) is 13.1 Å². The molecule has 1 unspecified atom stereocenters. The Morgan fingerprint density at radius 2 is 1.94 bits per heavy atom. The zero-order valence-corrected chi connectivity index (χ0v) is 9.52. The molecule has 2 aromatic rings. The van der Waals surface area contributed by atoms with Gasteiger partial charge in [0, 0.05) is 0 Å². The van der Waals surface area contributed by atoms with Crippen molar-refractivity contribution in [1.82, 2.24) is 0 Å². The number of benzene rings is 2. The second-order valence-electron chi connectivity index (χ2n) is 3.94. The van der Waals surface area contributed by atoms with Crippen LogP contribution in [0.5, 0.6) is 0 Å². The van der Waals surface area contributed by atoms with Crippen molar-refractivity contribution >= 4 is 16.7 Å². The predicted molar refractivity (Wildman–Crippen MR) is 64.8 cm³/mol. The Morgan fingerprint density at radius 3 is 2.65 bits per heavy atom. The van der Waals surface area contributed by atoms with E-state index in [1.54, 1.807) is 12.1 Å². The maximum atomic E-state index is 12.6. The SMILES string of the molecule is CC(F)COC(=O)c1ccc2ccccc2c1. The molecule has 0 heterocycles. The summed E-state index contributed by atoms with van der Waals surface area (Å²) in [5.41, 5.74) is 0.448. The van der Waals surface area contributed by atoms with Gasteiger partial charge in [-0.2, -0.15) is 0 Å². The number of carbonyl (C=O) groups excluding carboxylic acids is 1. The van der Waals surface area contributed by atoms with Crippen molar-refractivity contribution < 1.29 is 13.9 Å². The Morgan fingerprint density at radius 1 is 1.24 bits per heavy atom. The summed E-state index contributed by atoms with van der Waals surface area (Å²) in [4.78, 5) is 11.6. The lowest BCUT2D eigenvalue weighted by Gasteiger charge is -2.06. The lowest BCUT2D eigenvalue weighted by molar-refractivity contribution is 0.0416. The summed E-state index contributed by atoms with van der Waals surface area (Å²) in [5, 5.41) is 2.03. The summed E-state index contributed by atoms with van der Waals surface area (Å²) >= 11 is 0. The van der Waals surface area contributed by atoms with E-state index in [-0.39, 0.29) is 6.61 Å². The Balaban J connectivity index is 2.21. The molecule has 0 aromatic heterocycles. The van der Waals surface area contributed by atoms with Crippen LogP contribution in [-0.2, 0) is 4.74 Å². The first-order valence-electron chi connectivity index (χ1n) is 5.47. The number of hydrogen-bond acceptors (Lipinski definition) is 2. The van der Waals surface area contributed by atoms with Gasteiger partial charge in [-0.05, 0) is 29.8 Å². The molecule has 0 aliphatic heterocycles. The molecule has 0 N–H and O–H groups in total. The van der Waals surface area contributed by atoms with E-state index < -0.39 is 12.1 Å². The van der Waals surface area contributed by atoms with Crippen molar-refractivity contribution in [3.8, 4) is 0 Å². The highest BCUT2D eigenvalue weighted by molar-refractivity contribution is 5.95. The van der Waals surface area contributed by atoms with E-state index in [0.717, 1.165) is 10.8 Å². The minimum Gasteiger partial charge on any atom is -0.459 e. The molecule has 1 atom stereocenters. The first-order valence-corrected chi connectivity index (χ1v) is 5.47. The summed E-state index contributed by atoms with van der Waals surface area (Å²) in [6, 6.07) is 13.0. The summed E-state index contributed by atoms with van der Waals surface area (Å²) in [6.07, 6.45) is -1.14. The molecule has 0 aliphatic carbocycles. The summed E-state index contributed by atoms with van der Waals surface area (Å²) < 4.78 is 17.4. The third-order valence-corrected chi connectivity index (χ3v) is 2.43. The number of halogens is 1. The molecule has 2 nitrogen and oxygen atoms in total. The molecular formula is C14H13FO2. The topological polar surface area (TPSA) is 26.3 Å². The van der Waals surface area contributed by atoms with Crippen LogP contribution in [0, 0.1) is 0 Å². The van der Waals surface area contributed by atoms with Gasteiger partial charge < -0.3 is 4.74 Å². The van der Waals surface area contributed by atoms with Gasteiger partial charge in [0.05, 0.1) is 5.56 Å². The number of alkyl halides is 1. The normalized spacial score (nSPS) is 12.4. The van der Waals surface area contributed by atoms with E-state index in [1.165, 1.54) is 6.92 Å². The average molecular weight is 232 g/mol. The smallest absolute Gasteiger partial charge is 0.338 e. The van der Waals surface area contributed by atoms with E-state index in [0.29, 0.717) is 5.56 Å². The Hall–Kier alpha value is -1.90. The largest absolute Gasteiger partial charge is 0.459 e. The Bertz CT molecular complexity index is 534. The van der Waals surface area contributed by atoms with Crippen molar-refractivity contribution in [3.63, 3.8) is 0 Å². The van der Waals surface area contributed by atoms with Crippen molar-refractivity contribution in [3.05, 3.63) is 48.0 Å². The summed E-state index contributed by atoms with van der Waals surface area (Å²) in [5.74, 6) is -0.486. The van der Waals surface area contributed by atoms with Crippen LogP contribution in [0.25, 0.3) is 10.8 Å². The van der Waals surface area contributed by atoms with Crippen LogP contribution in [0.15, 0.2) is 42.5 Å². The van der Waals surface area contributed by atoms with E-state index >= 15 is 0 Å². The zero-order chi connectivity index (χ0) is 12.3. The molecule has 0 aliphatic rings. The van der Waals surface area contributed by atoms with Crippen LogP contribution in [0.3, 0.4) is 0 Å². The highest BCUT2D eigenvalue weighted by Gasteiger charge is 2.09. The van der Waals surface area contributed by atoms with Gasteiger partial charge in [-0.15, -0.1) is 0 Å². The second kappa shape index (κ2) is 4.95. The number of esters is 1. The highest BCUT2D eigenvalue weighted by atomic mass is 19.1. The molecule has 0 spiro atoms. The fourth-order valence-corrected chi connectivity index (χ4v) is 1.59. The van der Waals surface area contributed by atoms with Crippen LogP contribution >= 0.6 is 0 Å². The van der Waals surface area contributed by atoms with Crippen LogP contribution in [0.1, 0.15) is 17.3 Å². The number of ether oxygens (including phenoxy) is 1. The quantitative estimate of drug-likeness (QED) is 0.758. The van der Waals surface area contributed by atoms with E-state index in [2.05, 4.69) is 0 Å². The van der Waals surface area contributed by atoms with E-state index in [1.807, 2.05) is 30.3 Å². The third kappa shape index (κ3) is 2.81. The van der Waals surface area contributed by atoms with Gasteiger partial charge in [0.1, 0.15) is 12.8 Å². The Kier molecular flexibility index (Phi) is 3.38. The van der Waals surface area contributed by atoms with Crippen molar-refractivity contribution in [1.29, 1.82) is 0 Å². The van der Waals surface area contributed by atoms with Gasteiger partial charge in [-0.25, -0.2) is 9.18 Å². The molecule has 0 radical (unpaired) electrons. The molecular weight excluding hydrogens is 219 g/mol. The van der Waals surface area contributed by atoms with Gasteiger partial charge in [-0.1, -0.05) is 30.3 Å². The van der Waals surface area contributed by atoms with Gasteiger partial charge in [-0.3, -0.25) is 0 Å². The summed E-state index contributed by atoms with van der Waals surface area (Å²) in [7, 11) is 0. The van der Waals surface area contributed by atoms with Crippen molar-refractivity contribution in [2.75, 3.05) is 6.61 Å². The first kappa shape index (κ1) is 11.6. The summed E-state index contributed by atoms with van der Waals surface area (Å²) in [6.45, 7) is 1.15.